The lowest BCUT2D eigenvalue weighted by molar-refractivity contribution is 0.627. The van der Waals surface area contributed by atoms with Gasteiger partial charge in [0, 0.05) is 29.5 Å². The third kappa shape index (κ3) is 3.87. The number of nitrogens with one attached hydrogen (secondary N) is 1. The highest BCUT2D eigenvalue weighted by molar-refractivity contribution is 9.10. The third-order valence-corrected chi connectivity index (χ3v) is 5.92. The van der Waals surface area contributed by atoms with Crippen LogP contribution in [0.2, 0.25) is 0 Å². The Morgan fingerprint density at radius 1 is 0.967 bits per heavy atom. The number of nitrogens with zero attached hydrogens (tertiary/aromatic N) is 3. The van der Waals surface area contributed by atoms with Crippen LogP contribution in [0.25, 0.3) is 10.9 Å². The summed E-state index contributed by atoms with van der Waals surface area (Å²) in [5.74, 6) is 1.28. The van der Waals surface area contributed by atoms with Crippen LogP contribution in [0.1, 0.15) is 16.7 Å². The van der Waals surface area contributed by atoms with Gasteiger partial charge < -0.3 is 10.2 Å². The van der Waals surface area contributed by atoms with Gasteiger partial charge in [0.15, 0.2) is 0 Å². The fourth-order valence-corrected chi connectivity index (χ4v) is 4.23. The molecule has 30 heavy (non-hydrogen) atoms. The van der Waals surface area contributed by atoms with Crippen molar-refractivity contribution in [1.82, 2.24) is 9.97 Å². The van der Waals surface area contributed by atoms with E-state index in [2.05, 4.69) is 44.3 Å². The van der Waals surface area contributed by atoms with Crippen LogP contribution in [-0.4, -0.2) is 16.5 Å². The molecule has 0 aliphatic carbocycles. The van der Waals surface area contributed by atoms with Crippen molar-refractivity contribution < 1.29 is 4.39 Å². The Bertz CT molecular complexity index is 1210. The van der Waals surface area contributed by atoms with E-state index in [0.29, 0.717) is 6.54 Å². The van der Waals surface area contributed by atoms with E-state index in [9.17, 15) is 4.39 Å². The summed E-state index contributed by atoms with van der Waals surface area (Å²) >= 11 is 3.57. The summed E-state index contributed by atoms with van der Waals surface area (Å²) in [6, 6.07) is 21.0. The molecule has 0 radical (unpaired) electrons. The van der Waals surface area contributed by atoms with E-state index in [1.807, 2.05) is 24.3 Å². The fourth-order valence-electron chi connectivity index (χ4n) is 3.82. The minimum Gasteiger partial charge on any atom is -0.365 e. The van der Waals surface area contributed by atoms with Crippen LogP contribution in [0, 0.1) is 5.82 Å². The molecule has 6 heteroatoms. The van der Waals surface area contributed by atoms with Gasteiger partial charge in [-0.3, -0.25) is 0 Å². The van der Waals surface area contributed by atoms with Crippen LogP contribution in [-0.2, 0) is 19.5 Å². The van der Waals surface area contributed by atoms with Gasteiger partial charge in [-0.25, -0.2) is 9.37 Å². The van der Waals surface area contributed by atoms with Gasteiger partial charge in [0.25, 0.3) is 0 Å². The molecule has 0 unspecified atom stereocenters. The first-order chi connectivity index (χ1) is 14.7. The Kier molecular flexibility index (Phi) is 5.09. The van der Waals surface area contributed by atoms with E-state index in [4.69, 9.17) is 9.97 Å². The van der Waals surface area contributed by atoms with Crippen molar-refractivity contribution >= 4 is 38.6 Å². The summed E-state index contributed by atoms with van der Waals surface area (Å²) in [6.45, 7) is 2.23. The topological polar surface area (TPSA) is 41.1 Å². The predicted molar refractivity (Wildman–Crippen MR) is 122 cm³/mol. The average molecular weight is 463 g/mol. The first-order valence-corrected chi connectivity index (χ1v) is 10.7. The second kappa shape index (κ2) is 8.03. The maximum Gasteiger partial charge on any atom is 0.228 e. The summed E-state index contributed by atoms with van der Waals surface area (Å²) < 4.78 is 14.3. The van der Waals surface area contributed by atoms with Crippen molar-refractivity contribution in [2.45, 2.75) is 19.5 Å². The van der Waals surface area contributed by atoms with E-state index in [1.165, 1.54) is 23.3 Å². The van der Waals surface area contributed by atoms with Gasteiger partial charge in [0.2, 0.25) is 5.95 Å². The van der Waals surface area contributed by atoms with Crippen molar-refractivity contribution in [2.24, 2.45) is 0 Å². The number of para-hydroxylation sites is 1. The number of halogens is 2. The maximum atomic E-state index is 13.2. The molecule has 0 amide bonds. The Morgan fingerprint density at radius 3 is 2.67 bits per heavy atom. The molecule has 150 valence electrons. The highest BCUT2D eigenvalue weighted by atomic mass is 79.9. The molecular weight excluding hydrogens is 443 g/mol. The summed E-state index contributed by atoms with van der Waals surface area (Å²) in [6.07, 6.45) is 0.969. The Balaban J connectivity index is 1.46. The first kappa shape index (κ1) is 19.0. The zero-order valence-electron chi connectivity index (χ0n) is 16.3. The number of benzene rings is 3. The normalized spacial score (nSPS) is 13.3. The van der Waals surface area contributed by atoms with Crippen molar-refractivity contribution in [2.75, 3.05) is 16.8 Å². The van der Waals surface area contributed by atoms with E-state index < -0.39 is 0 Å². The molecule has 0 atom stereocenters. The molecule has 0 spiro atoms. The van der Waals surface area contributed by atoms with Crippen LogP contribution < -0.4 is 10.2 Å². The zero-order chi connectivity index (χ0) is 20.5. The molecule has 4 nitrogen and oxygen atoms in total. The molecule has 1 aliphatic rings. The van der Waals surface area contributed by atoms with Crippen LogP contribution >= 0.6 is 15.9 Å². The highest BCUT2D eigenvalue weighted by Gasteiger charge is 2.20. The molecule has 0 saturated heterocycles. The van der Waals surface area contributed by atoms with Crippen molar-refractivity contribution in [3.63, 3.8) is 0 Å². The average Bonchev–Trinajstić information content (AvgIpc) is 2.78. The molecule has 3 aromatic carbocycles. The van der Waals surface area contributed by atoms with E-state index in [-0.39, 0.29) is 5.82 Å². The Labute approximate surface area is 182 Å². The van der Waals surface area contributed by atoms with Gasteiger partial charge in [-0.2, -0.15) is 4.98 Å². The monoisotopic (exact) mass is 462 g/mol. The van der Waals surface area contributed by atoms with Gasteiger partial charge in [-0.1, -0.05) is 46.3 Å². The smallest absolute Gasteiger partial charge is 0.228 e. The van der Waals surface area contributed by atoms with Gasteiger partial charge >= 0.3 is 0 Å². The van der Waals surface area contributed by atoms with E-state index in [1.54, 1.807) is 12.1 Å². The second-order valence-electron chi connectivity index (χ2n) is 7.45. The summed E-state index contributed by atoms with van der Waals surface area (Å²) in [4.78, 5) is 11.9. The molecule has 0 saturated carbocycles. The predicted octanol–water partition coefficient (Wildman–Crippen LogP) is 5.71. The summed E-state index contributed by atoms with van der Waals surface area (Å²) in [7, 11) is 0. The standard InChI is InChI=1S/C24H20BrFN4/c25-19-8-7-17-11-12-30(15-18(17)13-19)24-28-22-4-2-1-3-21(22)23(29-24)27-14-16-5-9-20(26)10-6-16/h1-10,13H,11-12,14-15H2,(H,27,28,29). The van der Waals surface area contributed by atoms with Gasteiger partial charge in [-0.05, 0) is 59.5 Å². The molecule has 4 aromatic rings. The number of anilines is 2. The number of hydrogen-bond acceptors (Lipinski definition) is 4. The third-order valence-electron chi connectivity index (χ3n) is 5.43. The zero-order valence-corrected chi connectivity index (χ0v) is 17.9. The van der Waals surface area contributed by atoms with Crippen LogP contribution in [0.15, 0.2) is 71.2 Å². The van der Waals surface area contributed by atoms with Crippen molar-refractivity contribution in [3.8, 4) is 0 Å². The lowest BCUT2D eigenvalue weighted by atomic mass is 10.0. The summed E-state index contributed by atoms with van der Waals surface area (Å²) in [5.41, 5.74) is 4.58. The molecular formula is C24H20BrFN4. The molecule has 1 aliphatic heterocycles. The second-order valence-corrected chi connectivity index (χ2v) is 8.37. The maximum absolute atomic E-state index is 13.2. The van der Waals surface area contributed by atoms with Crippen LogP contribution in [0.5, 0.6) is 0 Å². The van der Waals surface area contributed by atoms with E-state index in [0.717, 1.165) is 52.2 Å². The summed E-state index contributed by atoms with van der Waals surface area (Å²) in [5, 5.41) is 4.40. The molecule has 2 heterocycles. The largest absolute Gasteiger partial charge is 0.365 e. The van der Waals surface area contributed by atoms with Crippen molar-refractivity contribution in [3.05, 3.63) is 93.7 Å². The molecule has 5 rings (SSSR count). The quantitative estimate of drug-likeness (QED) is 0.421. The molecule has 0 bridgehead atoms. The number of fused-ring (bicyclic) bond motifs is 2. The fraction of sp³-hybridized carbons (Fsp3) is 0.167. The number of rotatable bonds is 4. The molecule has 0 fully saturated rings. The van der Waals surface area contributed by atoms with Gasteiger partial charge in [0.05, 0.1) is 5.52 Å². The highest BCUT2D eigenvalue weighted by Crippen LogP contribution is 2.28. The van der Waals surface area contributed by atoms with Crippen molar-refractivity contribution in [1.29, 1.82) is 0 Å². The van der Waals surface area contributed by atoms with E-state index >= 15 is 0 Å². The first-order valence-electron chi connectivity index (χ1n) is 9.93. The molecule has 1 aromatic heterocycles. The Hall–Kier alpha value is -2.99. The lowest BCUT2D eigenvalue weighted by Gasteiger charge is -2.29. The van der Waals surface area contributed by atoms with Crippen LogP contribution in [0.3, 0.4) is 0 Å². The minimum absolute atomic E-state index is 0.231. The van der Waals surface area contributed by atoms with Gasteiger partial charge in [0.1, 0.15) is 11.6 Å². The molecule has 1 N–H and O–H groups in total. The van der Waals surface area contributed by atoms with Gasteiger partial charge in [-0.15, -0.1) is 0 Å². The number of hydrogen-bond donors (Lipinski definition) is 1. The number of aromatic nitrogens is 2. The minimum atomic E-state index is -0.231. The Morgan fingerprint density at radius 2 is 1.80 bits per heavy atom. The van der Waals surface area contributed by atoms with Crippen LogP contribution in [0.4, 0.5) is 16.2 Å². The lowest BCUT2D eigenvalue weighted by Crippen LogP contribution is -2.32. The SMILES string of the molecule is Fc1ccc(CNc2nc(N3CCc4ccc(Br)cc4C3)nc3ccccc23)cc1.